The molecule has 0 amide bonds. The van der Waals surface area contributed by atoms with E-state index in [1.807, 2.05) is 20.8 Å². The highest BCUT2D eigenvalue weighted by Gasteiger charge is 2.12. The van der Waals surface area contributed by atoms with Crippen LogP contribution in [-0.2, 0) is 6.54 Å². The van der Waals surface area contributed by atoms with E-state index in [0.29, 0.717) is 6.54 Å². The number of H-pyrrole nitrogens is 1. The lowest BCUT2D eigenvalue weighted by Gasteiger charge is -2.10. The number of nitrogens with one attached hydrogen (secondary N) is 1. The molecule has 1 aromatic carbocycles. The third-order valence-corrected chi connectivity index (χ3v) is 3.25. The summed E-state index contributed by atoms with van der Waals surface area (Å²) in [6, 6.07) is 4.19. The fraction of sp³-hybridized carbons (Fsp3) is 0.357. The zero-order valence-electron chi connectivity index (χ0n) is 11.3. The van der Waals surface area contributed by atoms with Gasteiger partial charge in [0.1, 0.15) is 5.75 Å². The third-order valence-electron chi connectivity index (χ3n) is 3.25. The lowest BCUT2D eigenvalue weighted by atomic mass is 10.0. The van der Waals surface area contributed by atoms with E-state index in [1.165, 1.54) is 0 Å². The van der Waals surface area contributed by atoms with Crippen LogP contribution in [0.25, 0.3) is 11.3 Å². The number of nitrogens with two attached hydrogens (primary N) is 1. The molecular weight excluding hydrogens is 226 g/mol. The van der Waals surface area contributed by atoms with E-state index < -0.39 is 0 Å². The van der Waals surface area contributed by atoms with Crippen LogP contribution < -0.4 is 10.5 Å². The molecule has 2 aromatic rings. The maximum absolute atomic E-state index is 5.66. The summed E-state index contributed by atoms with van der Waals surface area (Å²) >= 11 is 0. The number of aromatic nitrogens is 2. The first-order chi connectivity index (χ1) is 8.58. The number of ether oxygens (including phenoxy) is 1. The minimum Gasteiger partial charge on any atom is -0.496 e. The van der Waals surface area contributed by atoms with Crippen LogP contribution in [0.3, 0.4) is 0 Å². The van der Waals surface area contributed by atoms with Gasteiger partial charge in [-0.2, -0.15) is 5.10 Å². The van der Waals surface area contributed by atoms with Crippen molar-refractivity contribution >= 4 is 0 Å². The molecule has 2 rings (SSSR count). The van der Waals surface area contributed by atoms with Gasteiger partial charge in [0.25, 0.3) is 0 Å². The van der Waals surface area contributed by atoms with Crippen molar-refractivity contribution in [1.82, 2.24) is 10.2 Å². The number of aryl methyl sites for hydroxylation is 2. The van der Waals surface area contributed by atoms with Crippen LogP contribution in [0.5, 0.6) is 5.75 Å². The van der Waals surface area contributed by atoms with Crippen molar-refractivity contribution in [3.63, 3.8) is 0 Å². The molecule has 18 heavy (non-hydrogen) atoms. The maximum atomic E-state index is 5.66. The van der Waals surface area contributed by atoms with Crippen LogP contribution in [0.1, 0.15) is 22.4 Å². The molecule has 0 aliphatic carbocycles. The fourth-order valence-electron chi connectivity index (χ4n) is 2.32. The second-order valence-electron chi connectivity index (χ2n) is 4.52. The van der Waals surface area contributed by atoms with E-state index in [4.69, 9.17) is 10.5 Å². The van der Waals surface area contributed by atoms with Gasteiger partial charge in [0.2, 0.25) is 0 Å². The highest BCUT2D eigenvalue weighted by atomic mass is 16.5. The van der Waals surface area contributed by atoms with E-state index in [0.717, 1.165) is 39.4 Å². The Morgan fingerprint density at radius 1 is 1.22 bits per heavy atom. The first-order valence-electron chi connectivity index (χ1n) is 5.98. The number of hydrogen-bond donors (Lipinski definition) is 2. The van der Waals surface area contributed by atoms with Crippen molar-refractivity contribution in [3.8, 4) is 17.0 Å². The van der Waals surface area contributed by atoms with Gasteiger partial charge in [-0.15, -0.1) is 0 Å². The van der Waals surface area contributed by atoms with Crippen LogP contribution in [0.15, 0.2) is 12.1 Å². The van der Waals surface area contributed by atoms with E-state index in [1.54, 1.807) is 7.11 Å². The van der Waals surface area contributed by atoms with Gasteiger partial charge in [-0.1, -0.05) is 0 Å². The van der Waals surface area contributed by atoms with E-state index in [9.17, 15) is 0 Å². The molecule has 0 fully saturated rings. The second-order valence-corrected chi connectivity index (χ2v) is 4.52. The van der Waals surface area contributed by atoms with Crippen LogP contribution >= 0.6 is 0 Å². The van der Waals surface area contributed by atoms with Gasteiger partial charge in [0, 0.05) is 12.1 Å². The van der Waals surface area contributed by atoms with Gasteiger partial charge in [0.05, 0.1) is 18.5 Å². The number of nitrogens with zero attached hydrogens (tertiary/aromatic N) is 1. The summed E-state index contributed by atoms with van der Waals surface area (Å²) in [4.78, 5) is 0. The minimum absolute atomic E-state index is 0.479. The zero-order valence-corrected chi connectivity index (χ0v) is 11.3. The van der Waals surface area contributed by atoms with Crippen molar-refractivity contribution in [2.45, 2.75) is 27.3 Å². The number of benzene rings is 1. The quantitative estimate of drug-likeness (QED) is 0.873. The molecule has 0 saturated heterocycles. The second kappa shape index (κ2) is 4.82. The Labute approximate surface area is 107 Å². The third kappa shape index (κ3) is 1.99. The lowest BCUT2D eigenvalue weighted by Crippen LogP contribution is -1.98. The maximum Gasteiger partial charge on any atom is 0.124 e. The molecular formula is C14H19N3O. The Bertz CT molecular complexity index is 549. The first kappa shape index (κ1) is 12.6. The summed E-state index contributed by atoms with van der Waals surface area (Å²) in [6.45, 7) is 6.60. The van der Waals surface area contributed by atoms with Gasteiger partial charge in [-0.05, 0) is 49.6 Å². The smallest absolute Gasteiger partial charge is 0.124 e. The zero-order chi connectivity index (χ0) is 13.3. The summed E-state index contributed by atoms with van der Waals surface area (Å²) in [7, 11) is 1.70. The van der Waals surface area contributed by atoms with Gasteiger partial charge < -0.3 is 10.5 Å². The summed E-state index contributed by atoms with van der Waals surface area (Å²) in [5.41, 5.74) is 12.0. The topological polar surface area (TPSA) is 63.9 Å². The molecule has 4 nitrogen and oxygen atoms in total. The standard InChI is InChI=1S/C14H19N3O/c1-8-5-11(6-9(2)14(8)18-4)13-10(3)12(7-15)16-17-13/h5-6H,7,15H2,1-4H3,(H,16,17). The largest absolute Gasteiger partial charge is 0.496 e. The molecule has 0 atom stereocenters. The Morgan fingerprint density at radius 2 is 1.83 bits per heavy atom. The Morgan fingerprint density at radius 3 is 2.28 bits per heavy atom. The molecule has 0 radical (unpaired) electrons. The van der Waals surface area contributed by atoms with E-state index in [2.05, 4.69) is 22.3 Å². The summed E-state index contributed by atoms with van der Waals surface area (Å²) in [5.74, 6) is 0.936. The van der Waals surface area contributed by atoms with Crippen molar-refractivity contribution < 1.29 is 4.74 Å². The molecule has 0 spiro atoms. The molecule has 1 aromatic heterocycles. The molecule has 3 N–H and O–H groups in total. The number of methoxy groups -OCH3 is 1. The molecule has 1 heterocycles. The molecule has 0 aliphatic heterocycles. The molecule has 4 heteroatoms. The molecule has 0 bridgehead atoms. The summed E-state index contributed by atoms with van der Waals surface area (Å²) in [5, 5.41) is 7.33. The predicted molar refractivity (Wildman–Crippen MR) is 72.7 cm³/mol. The van der Waals surface area contributed by atoms with E-state index in [-0.39, 0.29) is 0 Å². The van der Waals surface area contributed by atoms with Crippen molar-refractivity contribution in [1.29, 1.82) is 0 Å². The predicted octanol–water partition coefficient (Wildman–Crippen LogP) is 2.47. The van der Waals surface area contributed by atoms with E-state index >= 15 is 0 Å². The SMILES string of the molecule is COc1c(C)cc(-c2n[nH]c(CN)c2C)cc1C. The monoisotopic (exact) mass is 245 g/mol. The molecule has 0 saturated carbocycles. The van der Waals surface area contributed by atoms with Gasteiger partial charge in [0.15, 0.2) is 0 Å². The average molecular weight is 245 g/mol. The number of hydrogen-bond acceptors (Lipinski definition) is 3. The van der Waals surface area contributed by atoms with Crippen LogP contribution in [-0.4, -0.2) is 17.3 Å². The van der Waals surface area contributed by atoms with Gasteiger partial charge in [-0.3, -0.25) is 5.10 Å². The Hall–Kier alpha value is -1.81. The minimum atomic E-state index is 0.479. The Kier molecular flexibility index (Phi) is 3.39. The van der Waals surface area contributed by atoms with Crippen LogP contribution in [0.2, 0.25) is 0 Å². The van der Waals surface area contributed by atoms with Crippen molar-refractivity contribution in [3.05, 3.63) is 34.5 Å². The normalized spacial score (nSPS) is 10.7. The molecule has 96 valence electrons. The Balaban J connectivity index is 2.54. The van der Waals surface area contributed by atoms with Crippen LogP contribution in [0, 0.1) is 20.8 Å². The lowest BCUT2D eigenvalue weighted by molar-refractivity contribution is 0.408. The van der Waals surface area contributed by atoms with Crippen molar-refractivity contribution in [2.75, 3.05) is 7.11 Å². The molecule has 0 unspecified atom stereocenters. The summed E-state index contributed by atoms with van der Waals surface area (Å²) in [6.07, 6.45) is 0. The van der Waals surface area contributed by atoms with Gasteiger partial charge in [-0.25, -0.2) is 0 Å². The highest BCUT2D eigenvalue weighted by Crippen LogP contribution is 2.31. The van der Waals surface area contributed by atoms with Crippen LogP contribution in [0.4, 0.5) is 0 Å². The molecule has 0 aliphatic rings. The highest BCUT2D eigenvalue weighted by molar-refractivity contribution is 5.67. The van der Waals surface area contributed by atoms with Gasteiger partial charge >= 0.3 is 0 Å². The number of aromatic amines is 1. The average Bonchev–Trinajstić information content (AvgIpc) is 2.70. The number of rotatable bonds is 3. The fourth-order valence-corrected chi connectivity index (χ4v) is 2.32. The first-order valence-corrected chi connectivity index (χ1v) is 5.98. The van der Waals surface area contributed by atoms with Crippen molar-refractivity contribution in [2.24, 2.45) is 5.73 Å². The summed E-state index contributed by atoms with van der Waals surface area (Å²) < 4.78 is 5.38.